The summed E-state index contributed by atoms with van der Waals surface area (Å²) in [5.74, 6) is -0.246. The quantitative estimate of drug-likeness (QED) is 0.387. The van der Waals surface area contributed by atoms with E-state index in [1.54, 1.807) is 30.3 Å². The number of nitrogens with one attached hydrogen (secondary N) is 3. The van der Waals surface area contributed by atoms with Gasteiger partial charge in [0.25, 0.3) is 10.0 Å². The molecule has 3 aromatic rings. The molecule has 0 aliphatic carbocycles. The lowest BCUT2D eigenvalue weighted by atomic mass is 10.1. The van der Waals surface area contributed by atoms with Gasteiger partial charge in [0.2, 0.25) is 5.91 Å². The number of halogens is 1. The Kier molecular flexibility index (Phi) is 8.07. The van der Waals surface area contributed by atoms with Crippen LogP contribution in [0.4, 0.5) is 11.4 Å². The predicted octanol–water partition coefficient (Wildman–Crippen LogP) is 5.20. The van der Waals surface area contributed by atoms with Gasteiger partial charge in [-0.25, -0.2) is 8.42 Å². The average Bonchev–Trinajstić information content (AvgIpc) is 2.72. The second-order valence-corrected chi connectivity index (χ2v) is 10.1. The normalized spacial score (nSPS) is 11.0. The first-order valence-electron chi connectivity index (χ1n) is 10.2. The van der Waals surface area contributed by atoms with Crippen LogP contribution >= 0.6 is 23.8 Å². The minimum Gasteiger partial charge on any atom is -0.332 e. The van der Waals surface area contributed by atoms with E-state index in [0.717, 1.165) is 16.7 Å². The van der Waals surface area contributed by atoms with Crippen molar-refractivity contribution in [2.24, 2.45) is 0 Å². The van der Waals surface area contributed by atoms with Gasteiger partial charge in [-0.2, -0.15) is 0 Å². The van der Waals surface area contributed by atoms with Gasteiger partial charge in [0.05, 0.1) is 4.90 Å². The Bertz CT molecular complexity index is 1260. The molecular formula is C24H24ClN3O3S2. The van der Waals surface area contributed by atoms with Crippen molar-refractivity contribution in [3.63, 3.8) is 0 Å². The molecule has 0 aliphatic heterocycles. The summed E-state index contributed by atoms with van der Waals surface area (Å²) in [5, 5.41) is 6.24. The van der Waals surface area contributed by atoms with Crippen LogP contribution in [0.2, 0.25) is 5.02 Å². The average molecular weight is 502 g/mol. The predicted molar refractivity (Wildman–Crippen MR) is 137 cm³/mol. The molecule has 0 aromatic heterocycles. The Morgan fingerprint density at radius 3 is 2.21 bits per heavy atom. The molecule has 3 rings (SSSR count). The molecule has 0 heterocycles. The van der Waals surface area contributed by atoms with Crippen LogP contribution in [-0.4, -0.2) is 19.4 Å². The molecule has 0 fully saturated rings. The zero-order valence-corrected chi connectivity index (χ0v) is 20.6. The Labute approximate surface area is 204 Å². The number of carbonyl (C=O) groups is 1. The molecular weight excluding hydrogens is 478 g/mol. The van der Waals surface area contributed by atoms with E-state index in [0.29, 0.717) is 22.8 Å². The van der Waals surface area contributed by atoms with Crippen LogP contribution in [0.15, 0.2) is 71.6 Å². The van der Waals surface area contributed by atoms with Crippen LogP contribution in [0.1, 0.15) is 23.1 Å². The fourth-order valence-corrected chi connectivity index (χ4v) is 4.77. The van der Waals surface area contributed by atoms with Gasteiger partial charge >= 0.3 is 0 Å². The van der Waals surface area contributed by atoms with Crippen molar-refractivity contribution in [2.75, 3.05) is 10.0 Å². The van der Waals surface area contributed by atoms with Crippen molar-refractivity contribution in [1.29, 1.82) is 0 Å². The molecule has 0 atom stereocenters. The summed E-state index contributed by atoms with van der Waals surface area (Å²) in [6.07, 6.45) is 0.723. The van der Waals surface area contributed by atoms with Crippen molar-refractivity contribution in [2.45, 2.75) is 31.6 Å². The maximum atomic E-state index is 12.7. The molecule has 172 valence electrons. The minimum absolute atomic E-state index is 0.113. The molecule has 0 radical (unpaired) electrons. The topological polar surface area (TPSA) is 87.3 Å². The lowest BCUT2D eigenvalue weighted by Crippen LogP contribution is -2.34. The minimum atomic E-state index is -3.74. The smallest absolute Gasteiger partial charge is 0.261 e. The van der Waals surface area contributed by atoms with Crippen LogP contribution in [-0.2, 0) is 21.2 Å². The van der Waals surface area contributed by atoms with Gasteiger partial charge in [0, 0.05) is 22.8 Å². The molecule has 0 saturated heterocycles. The third kappa shape index (κ3) is 7.28. The monoisotopic (exact) mass is 501 g/mol. The highest BCUT2D eigenvalue weighted by molar-refractivity contribution is 7.92. The lowest BCUT2D eigenvalue weighted by Gasteiger charge is -2.12. The van der Waals surface area contributed by atoms with Gasteiger partial charge in [0.15, 0.2) is 5.11 Å². The van der Waals surface area contributed by atoms with Crippen LogP contribution < -0.4 is 15.4 Å². The van der Waals surface area contributed by atoms with E-state index in [-0.39, 0.29) is 22.3 Å². The number of carbonyl (C=O) groups excluding carboxylic acids is 1. The second-order valence-electron chi connectivity index (χ2n) is 7.60. The Morgan fingerprint density at radius 2 is 1.58 bits per heavy atom. The highest BCUT2D eigenvalue weighted by Crippen LogP contribution is 2.20. The first kappa shape index (κ1) is 24.7. The Morgan fingerprint density at radius 1 is 0.939 bits per heavy atom. The molecule has 6 nitrogen and oxygen atoms in total. The number of anilines is 2. The zero-order valence-electron chi connectivity index (χ0n) is 18.2. The molecule has 1 amide bonds. The largest absolute Gasteiger partial charge is 0.332 e. The fourth-order valence-electron chi connectivity index (χ4n) is 3.27. The molecule has 9 heteroatoms. The zero-order chi connectivity index (χ0) is 24.0. The number of amides is 1. The first-order chi connectivity index (χ1) is 15.6. The van der Waals surface area contributed by atoms with Crippen LogP contribution in [0.3, 0.4) is 0 Å². The third-order valence-electron chi connectivity index (χ3n) is 4.73. The van der Waals surface area contributed by atoms with Gasteiger partial charge in [-0.15, -0.1) is 0 Å². The molecule has 33 heavy (non-hydrogen) atoms. The van der Waals surface area contributed by atoms with Crippen molar-refractivity contribution in [3.05, 3.63) is 88.4 Å². The lowest BCUT2D eigenvalue weighted by molar-refractivity contribution is -0.119. The number of aryl methyl sites for hydroxylation is 3. The van der Waals surface area contributed by atoms with E-state index in [9.17, 15) is 13.2 Å². The molecule has 0 saturated carbocycles. The van der Waals surface area contributed by atoms with E-state index in [2.05, 4.69) is 15.4 Å². The van der Waals surface area contributed by atoms with Crippen LogP contribution in [0.5, 0.6) is 0 Å². The molecule has 0 spiro atoms. The molecule has 0 aliphatic rings. The van der Waals surface area contributed by atoms with Gasteiger partial charge in [-0.1, -0.05) is 35.9 Å². The highest BCUT2D eigenvalue weighted by Gasteiger charge is 2.15. The Balaban J connectivity index is 1.55. The maximum Gasteiger partial charge on any atom is 0.261 e. The summed E-state index contributed by atoms with van der Waals surface area (Å²) in [6, 6.07) is 19.0. The summed E-state index contributed by atoms with van der Waals surface area (Å²) >= 11 is 11.3. The summed E-state index contributed by atoms with van der Waals surface area (Å²) in [7, 11) is -3.74. The van der Waals surface area contributed by atoms with E-state index in [1.165, 1.54) is 12.1 Å². The third-order valence-corrected chi connectivity index (χ3v) is 6.70. The number of hydrogen-bond acceptors (Lipinski definition) is 4. The van der Waals surface area contributed by atoms with Crippen molar-refractivity contribution in [1.82, 2.24) is 5.32 Å². The van der Waals surface area contributed by atoms with Gasteiger partial charge in [-0.05, 0) is 91.6 Å². The first-order valence-corrected chi connectivity index (χ1v) is 12.4. The number of benzene rings is 3. The standard InChI is InChI=1S/C24H24ClN3O3S2/c1-16-13-17(2)15-20(14-16)28-33(30,31)21-10-8-19(9-11-21)26-24(32)27-23(29)12-7-18-5-3-4-6-22(18)25/h3-6,8-11,13-15,28H,7,12H2,1-2H3,(H2,26,27,29,32). The van der Waals surface area contributed by atoms with E-state index >= 15 is 0 Å². The van der Waals surface area contributed by atoms with Gasteiger partial charge in [-0.3, -0.25) is 9.52 Å². The molecule has 0 bridgehead atoms. The van der Waals surface area contributed by atoms with E-state index in [4.69, 9.17) is 23.8 Å². The fraction of sp³-hybridized carbons (Fsp3) is 0.167. The number of hydrogen-bond donors (Lipinski definition) is 3. The molecule has 3 N–H and O–H groups in total. The van der Waals surface area contributed by atoms with Gasteiger partial charge in [0.1, 0.15) is 0 Å². The van der Waals surface area contributed by atoms with Gasteiger partial charge < -0.3 is 10.6 Å². The summed E-state index contributed by atoms with van der Waals surface area (Å²) in [4.78, 5) is 12.3. The summed E-state index contributed by atoms with van der Waals surface area (Å²) in [5.41, 5.74) is 3.89. The second kappa shape index (κ2) is 10.8. The number of sulfonamides is 1. The highest BCUT2D eigenvalue weighted by atomic mass is 35.5. The molecule has 0 unspecified atom stereocenters. The van der Waals surface area contributed by atoms with Crippen LogP contribution in [0, 0.1) is 13.8 Å². The number of rotatable bonds is 7. The van der Waals surface area contributed by atoms with E-state index in [1.807, 2.05) is 38.1 Å². The molecule has 3 aromatic carbocycles. The van der Waals surface area contributed by atoms with Crippen molar-refractivity contribution in [3.8, 4) is 0 Å². The summed E-state index contributed by atoms with van der Waals surface area (Å²) < 4.78 is 28.0. The number of thiocarbonyl (C=S) groups is 1. The van der Waals surface area contributed by atoms with Crippen molar-refractivity contribution >= 4 is 56.2 Å². The SMILES string of the molecule is Cc1cc(C)cc(NS(=O)(=O)c2ccc(NC(=S)NC(=O)CCc3ccccc3Cl)cc2)c1. The van der Waals surface area contributed by atoms with Crippen LogP contribution in [0.25, 0.3) is 0 Å². The summed E-state index contributed by atoms with van der Waals surface area (Å²) in [6.45, 7) is 3.81. The Hall–Kier alpha value is -2.94. The van der Waals surface area contributed by atoms with E-state index < -0.39 is 10.0 Å². The maximum absolute atomic E-state index is 12.7. The van der Waals surface area contributed by atoms with Crippen molar-refractivity contribution < 1.29 is 13.2 Å².